The molecule has 0 aromatic carbocycles. The summed E-state index contributed by atoms with van der Waals surface area (Å²) in [4.78, 5) is 15.9. The molecule has 26 heavy (non-hydrogen) atoms. The van der Waals surface area contributed by atoms with Crippen LogP contribution in [0.25, 0.3) is 0 Å². The molecular formula is C17H23N3O4S2. The molecule has 0 saturated carbocycles. The largest absolute Gasteiger partial charge is 0.361 e. The average molecular weight is 398 g/mol. The zero-order valence-electron chi connectivity index (χ0n) is 15.2. The predicted molar refractivity (Wildman–Crippen MR) is 100 cm³/mol. The van der Waals surface area contributed by atoms with Crippen LogP contribution >= 0.6 is 11.3 Å². The van der Waals surface area contributed by atoms with E-state index in [9.17, 15) is 13.2 Å². The van der Waals surface area contributed by atoms with Gasteiger partial charge in [0.25, 0.3) is 5.91 Å². The molecule has 0 atom stereocenters. The number of sulfone groups is 1. The molecule has 0 bridgehead atoms. The molecule has 0 spiro atoms. The summed E-state index contributed by atoms with van der Waals surface area (Å²) in [6, 6.07) is 0. The molecule has 3 heterocycles. The van der Waals surface area contributed by atoms with Crippen molar-refractivity contribution in [2.24, 2.45) is 0 Å². The van der Waals surface area contributed by atoms with E-state index in [-0.39, 0.29) is 18.2 Å². The number of aromatic nitrogens is 1. The maximum absolute atomic E-state index is 12.4. The fourth-order valence-electron chi connectivity index (χ4n) is 3.10. The molecule has 142 valence electrons. The van der Waals surface area contributed by atoms with Crippen LogP contribution in [0.5, 0.6) is 0 Å². The minimum absolute atomic E-state index is 0.0454. The monoisotopic (exact) mass is 397 g/mol. The van der Waals surface area contributed by atoms with Gasteiger partial charge in [-0.25, -0.2) is 8.42 Å². The first-order valence-electron chi connectivity index (χ1n) is 8.44. The third-order valence-electron chi connectivity index (χ3n) is 4.59. The molecule has 2 aromatic heterocycles. The van der Waals surface area contributed by atoms with Gasteiger partial charge in [-0.3, -0.25) is 9.69 Å². The lowest BCUT2D eigenvalue weighted by Crippen LogP contribution is -2.32. The standard InChI is InChI=1S/C17H23N3O4S2/c1-11-14(12(2)24-19-11)8-20-6-4-13-15(10-25-16(13)9-20)17(21)18-5-7-26(3,22)23/h10H,4-9H2,1-3H3,(H,18,21). The van der Waals surface area contributed by atoms with Crippen LogP contribution < -0.4 is 5.32 Å². The van der Waals surface area contributed by atoms with Gasteiger partial charge in [0.2, 0.25) is 0 Å². The number of hydrogen-bond donors (Lipinski definition) is 1. The summed E-state index contributed by atoms with van der Waals surface area (Å²) < 4.78 is 27.6. The lowest BCUT2D eigenvalue weighted by molar-refractivity contribution is 0.0955. The Hall–Kier alpha value is -1.71. The third-order valence-corrected chi connectivity index (χ3v) is 6.55. The molecule has 0 unspecified atom stereocenters. The number of carbonyl (C=O) groups is 1. The van der Waals surface area contributed by atoms with Crippen molar-refractivity contribution in [3.8, 4) is 0 Å². The molecule has 0 saturated heterocycles. The second-order valence-electron chi connectivity index (χ2n) is 6.70. The number of nitrogens with zero attached hydrogens (tertiary/aromatic N) is 2. The molecule has 1 amide bonds. The van der Waals surface area contributed by atoms with E-state index >= 15 is 0 Å². The van der Waals surface area contributed by atoms with E-state index in [4.69, 9.17) is 4.52 Å². The van der Waals surface area contributed by atoms with Gasteiger partial charge < -0.3 is 9.84 Å². The minimum Gasteiger partial charge on any atom is -0.361 e. The molecule has 0 radical (unpaired) electrons. The number of aryl methyl sites for hydroxylation is 2. The van der Waals surface area contributed by atoms with Crippen LogP contribution in [0.2, 0.25) is 0 Å². The van der Waals surface area contributed by atoms with Gasteiger partial charge in [-0.1, -0.05) is 5.16 Å². The average Bonchev–Trinajstić information content (AvgIpc) is 3.11. The number of nitrogens with one attached hydrogen (secondary N) is 1. The van der Waals surface area contributed by atoms with Crippen LogP contribution in [0.4, 0.5) is 0 Å². The predicted octanol–water partition coefficient (Wildman–Crippen LogP) is 1.69. The number of thiophene rings is 1. The first-order valence-corrected chi connectivity index (χ1v) is 11.4. The summed E-state index contributed by atoms with van der Waals surface area (Å²) in [5, 5.41) is 8.59. The highest BCUT2D eigenvalue weighted by Gasteiger charge is 2.25. The van der Waals surface area contributed by atoms with Crippen molar-refractivity contribution in [2.75, 3.05) is 25.1 Å². The van der Waals surface area contributed by atoms with E-state index in [1.807, 2.05) is 19.2 Å². The molecule has 1 N–H and O–H groups in total. The Balaban J connectivity index is 1.64. The van der Waals surface area contributed by atoms with Crippen LogP contribution in [-0.4, -0.2) is 49.5 Å². The van der Waals surface area contributed by atoms with Crippen LogP contribution in [-0.2, 0) is 29.3 Å². The van der Waals surface area contributed by atoms with Gasteiger partial charge in [-0.05, 0) is 25.8 Å². The Bertz CT molecular complexity index is 895. The first kappa shape index (κ1) is 19.1. The quantitative estimate of drug-likeness (QED) is 0.797. The molecule has 9 heteroatoms. The van der Waals surface area contributed by atoms with E-state index in [1.165, 1.54) is 11.1 Å². The van der Waals surface area contributed by atoms with Gasteiger partial charge >= 0.3 is 0 Å². The summed E-state index contributed by atoms with van der Waals surface area (Å²) in [6.45, 7) is 6.45. The van der Waals surface area contributed by atoms with Crippen LogP contribution in [0.15, 0.2) is 9.90 Å². The third kappa shape index (κ3) is 4.33. The normalized spacial score (nSPS) is 15.0. The number of amides is 1. The summed E-state index contributed by atoms with van der Waals surface area (Å²) in [7, 11) is -3.08. The summed E-state index contributed by atoms with van der Waals surface area (Å²) in [5.41, 5.74) is 3.81. The first-order chi connectivity index (χ1) is 12.2. The zero-order chi connectivity index (χ0) is 18.9. The maximum Gasteiger partial charge on any atom is 0.252 e. The van der Waals surface area contributed by atoms with Crippen molar-refractivity contribution in [3.63, 3.8) is 0 Å². The molecule has 7 nitrogen and oxygen atoms in total. The van der Waals surface area contributed by atoms with E-state index in [1.54, 1.807) is 11.3 Å². The topological polar surface area (TPSA) is 92.5 Å². The second-order valence-corrected chi connectivity index (χ2v) is 9.92. The fraction of sp³-hybridized carbons (Fsp3) is 0.529. The lowest BCUT2D eigenvalue weighted by atomic mass is 10.0. The molecule has 0 fully saturated rings. The molecule has 0 aliphatic carbocycles. The summed E-state index contributed by atoms with van der Waals surface area (Å²) in [5.74, 6) is 0.617. The van der Waals surface area contributed by atoms with Gasteiger partial charge in [-0.15, -0.1) is 11.3 Å². The number of hydrogen-bond acceptors (Lipinski definition) is 7. The van der Waals surface area contributed by atoms with Gasteiger partial charge in [0, 0.05) is 48.3 Å². The minimum atomic E-state index is -3.08. The number of rotatable bonds is 6. The van der Waals surface area contributed by atoms with Gasteiger partial charge in [0.15, 0.2) is 0 Å². The smallest absolute Gasteiger partial charge is 0.252 e. The van der Waals surface area contributed by atoms with Crippen molar-refractivity contribution in [2.45, 2.75) is 33.4 Å². The molecule has 2 aromatic rings. The van der Waals surface area contributed by atoms with Crippen LogP contribution in [0, 0.1) is 13.8 Å². The van der Waals surface area contributed by atoms with E-state index in [2.05, 4.69) is 15.4 Å². The van der Waals surface area contributed by atoms with Gasteiger partial charge in [0.1, 0.15) is 15.6 Å². The lowest BCUT2D eigenvalue weighted by Gasteiger charge is -2.27. The molecular weight excluding hydrogens is 374 g/mol. The number of fused-ring (bicyclic) bond motifs is 1. The fourth-order valence-corrected chi connectivity index (χ4v) is 4.70. The van der Waals surface area contributed by atoms with Gasteiger partial charge in [-0.2, -0.15) is 0 Å². The Morgan fingerprint density at radius 1 is 1.42 bits per heavy atom. The summed E-state index contributed by atoms with van der Waals surface area (Å²) in [6.07, 6.45) is 1.97. The highest BCUT2D eigenvalue weighted by atomic mass is 32.2. The Labute approximate surface area is 157 Å². The molecule has 1 aliphatic rings. The van der Waals surface area contributed by atoms with Crippen molar-refractivity contribution < 1.29 is 17.7 Å². The molecule has 3 rings (SSSR count). The van der Waals surface area contributed by atoms with E-state index < -0.39 is 9.84 Å². The number of carbonyl (C=O) groups excluding carboxylic acids is 1. The highest BCUT2D eigenvalue weighted by molar-refractivity contribution is 7.90. The molecule has 1 aliphatic heterocycles. The maximum atomic E-state index is 12.4. The van der Waals surface area contributed by atoms with Crippen molar-refractivity contribution >= 4 is 27.1 Å². The van der Waals surface area contributed by atoms with Crippen LogP contribution in [0.1, 0.15) is 37.8 Å². The summed E-state index contributed by atoms with van der Waals surface area (Å²) >= 11 is 1.58. The Morgan fingerprint density at radius 3 is 2.85 bits per heavy atom. The van der Waals surface area contributed by atoms with E-state index in [0.717, 1.165) is 48.6 Å². The van der Waals surface area contributed by atoms with Gasteiger partial charge in [0.05, 0.1) is 17.0 Å². The highest BCUT2D eigenvalue weighted by Crippen LogP contribution is 2.30. The van der Waals surface area contributed by atoms with Crippen molar-refractivity contribution in [3.05, 3.63) is 38.4 Å². The second kappa shape index (κ2) is 7.50. The van der Waals surface area contributed by atoms with Crippen LogP contribution in [0.3, 0.4) is 0 Å². The van der Waals surface area contributed by atoms with Crippen molar-refractivity contribution in [1.82, 2.24) is 15.4 Å². The van der Waals surface area contributed by atoms with Crippen molar-refractivity contribution in [1.29, 1.82) is 0 Å². The Morgan fingerprint density at radius 2 is 2.19 bits per heavy atom. The Kier molecular flexibility index (Phi) is 5.50. The van der Waals surface area contributed by atoms with E-state index in [0.29, 0.717) is 5.56 Å². The SMILES string of the molecule is Cc1noc(C)c1CN1CCc2c(C(=O)NCCS(C)(=O)=O)csc2C1. The zero-order valence-corrected chi connectivity index (χ0v) is 16.8.